The molecule has 1 amide bonds. The molecule has 0 fully saturated rings. The molecule has 0 radical (unpaired) electrons. The maximum absolute atomic E-state index is 12.8. The van der Waals surface area contributed by atoms with Crippen LogP contribution in [0.4, 0.5) is 0 Å². The van der Waals surface area contributed by atoms with Gasteiger partial charge < -0.3 is 9.73 Å². The molecular weight excluding hydrogens is 392 g/mol. The number of hydrogen-bond acceptors (Lipinski definition) is 5. The van der Waals surface area contributed by atoms with E-state index >= 15 is 0 Å². The quantitative estimate of drug-likeness (QED) is 0.669. The van der Waals surface area contributed by atoms with Crippen LogP contribution in [-0.4, -0.2) is 37.3 Å². The van der Waals surface area contributed by atoms with Crippen molar-refractivity contribution in [3.8, 4) is 12.0 Å². The van der Waals surface area contributed by atoms with Crippen LogP contribution in [0.2, 0.25) is 0 Å². The number of sulfonamides is 1. The van der Waals surface area contributed by atoms with Crippen LogP contribution in [0.5, 0.6) is 0 Å². The maximum Gasteiger partial charge on any atom is 0.256 e. The SMILES string of the molecule is Cc1oc(-n2cccc2)c(C#N)c1C(=O)NCc1ccccc1S(=O)(=O)N(C)C. The second kappa shape index (κ2) is 7.95. The summed E-state index contributed by atoms with van der Waals surface area (Å²) in [6.45, 7) is 1.59. The van der Waals surface area contributed by atoms with E-state index in [-0.39, 0.29) is 28.5 Å². The number of benzene rings is 1. The standard InChI is InChI=1S/C20H20N4O4S/c1-14-18(16(12-21)20(28-14)24-10-6-7-11-24)19(25)22-13-15-8-4-5-9-17(15)29(26,27)23(2)3/h4-11H,13H2,1-3H3,(H,22,25). The van der Waals surface area contributed by atoms with E-state index < -0.39 is 15.9 Å². The van der Waals surface area contributed by atoms with E-state index in [9.17, 15) is 18.5 Å². The number of carbonyl (C=O) groups is 1. The molecule has 0 aliphatic carbocycles. The summed E-state index contributed by atoms with van der Waals surface area (Å²) in [4.78, 5) is 12.9. The molecule has 0 atom stereocenters. The van der Waals surface area contributed by atoms with Gasteiger partial charge in [0.15, 0.2) is 0 Å². The number of amides is 1. The number of aryl methyl sites for hydroxylation is 1. The molecule has 0 spiro atoms. The summed E-state index contributed by atoms with van der Waals surface area (Å²) >= 11 is 0. The summed E-state index contributed by atoms with van der Waals surface area (Å²) in [7, 11) is -0.767. The van der Waals surface area contributed by atoms with Gasteiger partial charge in [-0.15, -0.1) is 0 Å². The Bertz CT molecular complexity index is 1190. The molecule has 0 aliphatic heterocycles. The second-order valence-electron chi connectivity index (χ2n) is 6.49. The first-order valence-electron chi connectivity index (χ1n) is 8.72. The number of hydrogen-bond donors (Lipinski definition) is 1. The molecule has 0 aliphatic rings. The van der Waals surface area contributed by atoms with E-state index in [1.165, 1.54) is 20.2 Å². The van der Waals surface area contributed by atoms with Gasteiger partial charge in [-0.2, -0.15) is 5.26 Å². The predicted molar refractivity (Wildman–Crippen MR) is 106 cm³/mol. The largest absolute Gasteiger partial charge is 0.443 e. The monoisotopic (exact) mass is 412 g/mol. The molecule has 0 bridgehead atoms. The van der Waals surface area contributed by atoms with Crippen LogP contribution in [0, 0.1) is 18.3 Å². The summed E-state index contributed by atoms with van der Waals surface area (Å²) in [6.07, 6.45) is 3.42. The highest BCUT2D eigenvalue weighted by Gasteiger charge is 2.25. The minimum absolute atomic E-state index is 0.0174. The van der Waals surface area contributed by atoms with Crippen LogP contribution in [0.3, 0.4) is 0 Å². The van der Waals surface area contributed by atoms with E-state index in [4.69, 9.17) is 4.42 Å². The number of nitriles is 1. The highest BCUT2D eigenvalue weighted by atomic mass is 32.2. The number of carbonyl (C=O) groups excluding carboxylic acids is 1. The molecule has 0 unspecified atom stereocenters. The van der Waals surface area contributed by atoms with Gasteiger partial charge in [-0.1, -0.05) is 18.2 Å². The lowest BCUT2D eigenvalue weighted by molar-refractivity contribution is 0.0949. The number of nitrogens with zero attached hydrogens (tertiary/aromatic N) is 3. The summed E-state index contributed by atoms with van der Waals surface area (Å²) in [6, 6.07) is 12.0. The van der Waals surface area contributed by atoms with Gasteiger partial charge in [-0.3, -0.25) is 9.36 Å². The van der Waals surface area contributed by atoms with Crippen molar-refractivity contribution in [2.45, 2.75) is 18.4 Å². The van der Waals surface area contributed by atoms with Gasteiger partial charge in [0.1, 0.15) is 23.0 Å². The van der Waals surface area contributed by atoms with Crippen molar-refractivity contribution >= 4 is 15.9 Å². The molecule has 150 valence electrons. The smallest absolute Gasteiger partial charge is 0.256 e. The van der Waals surface area contributed by atoms with E-state index in [2.05, 4.69) is 5.32 Å². The lowest BCUT2D eigenvalue weighted by Crippen LogP contribution is -2.27. The molecule has 1 aromatic carbocycles. The van der Waals surface area contributed by atoms with Gasteiger partial charge in [-0.25, -0.2) is 12.7 Å². The van der Waals surface area contributed by atoms with Crippen LogP contribution in [-0.2, 0) is 16.6 Å². The molecule has 9 heteroatoms. The lowest BCUT2D eigenvalue weighted by atomic mass is 10.1. The minimum Gasteiger partial charge on any atom is -0.443 e. The Kier molecular flexibility index (Phi) is 5.59. The Labute approximate surface area is 169 Å². The van der Waals surface area contributed by atoms with E-state index in [1.54, 1.807) is 54.2 Å². The Morgan fingerprint density at radius 3 is 2.48 bits per heavy atom. The highest BCUT2D eigenvalue weighted by molar-refractivity contribution is 7.89. The third kappa shape index (κ3) is 3.81. The molecule has 3 aromatic rings. The summed E-state index contributed by atoms with van der Waals surface area (Å²) in [5.74, 6) is 0.0472. The molecule has 3 rings (SSSR count). The normalized spacial score (nSPS) is 11.4. The number of aromatic nitrogens is 1. The van der Waals surface area contributed by atoms with Crippen molar-refractivity contribution < 1.29 is 17.6 Å². The molecule has 0 saturated carbocycles. The fourth-order valence-electron chi connectivity index (χ4n) is 2.92. The predicted octanol–water partition coefficient (Wildman–Crippen LogP) is 2.43. The fourth-order valence-corrected chi connectivity index (χ4v) is 4.04. The first-order valence-corrected chi connectivity index (χ1v) is 10.2. The van der Waals surface area contributed by atoms with Crippen molar-refractivity contribution in [1.29, 1.82) is 5.26 Å². The van der Waals surface area contributed by atoms with Gasteiger partial charge in [0.25, 0.3) is 5.91 Å². The van der Waals surface area contributed by atoms with Crippen molar-refractivity contribution in [2.24, 2.45) is 0 Å². The third-order valence-corrected chi connectivity index (χ3v) is 6.33. The topological polar surface area (TPSA) is 108 Å². The van der Waals surface area contributed by atoms with Crippen LogP contribution >= 0.6 is 0 Å². The molecule has 2 aromatic heterocycles. The fraction of sp³-hybridized carbons (Fsp3) is 0.200. The molecule has 1 N–H and O–H groups in total. The number of furan rings is 1. The Hall–Kier alpha value is -3.35. The van der Waals surface area contributed by atoms with Crippen molar-refractivity contribution in [2.75, 3.05) is 14.1 Å². The number of nitrogens with one attached hydrogen (secondary N) is 1. The zero-order valence-corrected chi connectivity index (χ0v) is 17.0. The zero-order chi connectivity index (χ0) is 21.2. The Balaban J connectivity index is 1.90. The van der Waals surface area contributed by atoms with Gasteiger partial charge in [0.05, 0.1) is 4.90 Å². The second-order valence-corrected chi connectivity index (χ2v) is 8.61. The summed E-state index contributed by atoms with van der Waals surface area (Å²) in [5.41, 5.74) is 0.689. The first-order chi connectivity index (χ1) is 13.8. The van der Waals surface area contributed by atoms with Gasteiger partial charge in [0, 0.05) is 33.0 Å². The van der Waals surface area contributed by atoms with Gasteiger partial charge in [0.2, 0.25) is 15.9 Å². The van der Waals surface area contributed by atoms with Crippen LogP contribution in [0.25, 0.3) is 5.88 Å². The van der Waals surface area contributed by atoms with Crippen molar-refractivity contribution in [1.82, 2.24) is 14.2 Å². The zero-order valence-electron chi connectivity index (χ0n) is 16.2. The van der Waals surface area contributed by atoms with Gasteiger partial charge >= 0.3 is 0 Å². The Morgan fingerprint density at radius 1 is 1.21 bits per heavy atom. The lowest BCUT2D eigenvalue weighted by Gasteiger charge is -2.15. The maximum atomic E-state index is 12.8. The third-order valence-electron chi connectivity index (χ3n) is 4.41. The molecule has 0 saturated heterocycles. The van der Waals surface area contributed by atoms with Crippen molar-refractivity contribution in [3.63, 3.8) is 0 Å². The van der Waals surface area contributed by atoms with E-state index in [0.717, 1.165) is 4.31 Å². The average Bonchev–Trinajstić information content (AvgIpc) is 3.33. The van der Waals surface area contributed by atoms with Crippen molar-refractivity contribution in [3.05, 3.63) is 71.2 Å². The van der Waals surface area contributed by atoms with Crippen LogP contribution < -0.4 is 5.32 Å². The van der Waals surface area contributed by atoms with E-state index in [0.29, 0.717) is 11.3 Å². The summed E-state index contributed by atoms with van der Waals surface area (Å²) < 4.78 is 33.4. The van der Waals surface area contributed by atoms with Crippen LogP contribution in [0.1, 0.15) is 27.2 Å². The molecule has 8 nitrogen and oxygen atoms in total. The van der Waals surface area contributed by atoms with Gasteiger partial charge in [-0.05, 0) is 30.7 Å². The molecule has 2 heterocycles. The summed E-state index contributed by atoms with van der Waals surface area (Å²) in [5, 5.41) is 12.3. The van der Waals surface area contributed by atoms with Crippen LogP contribution in [0.15, 0.2) is 58.1 Å². The minimum atomic E-state index is -3.66. The highest BCUT2D eigenvalue weighted by Crippen LogP contribution is 2.26. The van der Waals surface area contributed by atoms with E-state index in [1.807, 2.05) is 6.07 Å². The molecular formula is C20H20N4O4S. The Morgan fingerprint density at radius 2 is 1.86 bits per heavy atom. The molecule has 29 heavy (non-hydrogen) atoms. The number of rotatable bonds is 6. The average molecular weight is 412 g/mol. The first kappa shape index (κ1) is 20.4.